The molecular weight excluding hydrogens is 328 g/mol. The van der Waals surface area contributed by atoms with Crippen LogP contribution in [0.1, 0.15) is 42.4 Å². The van der Waals surface area contributed by atoms with Crippen molar-refractivity contribution in [2.45, 2.75) is 38.8 Å². The number of aromatic nitrogens is 2. The average Bonchev–Trinajstić information content (AvgIpc) is 3.08. The molecule has 0 aliphatic carbocycles. The zero-order valence-corrected chi connectivity index (χ0v) is 16.0. The molecule has 0 radical (unpaired) electrons. The van der Waals surface area contributed by atoms with E-state index in [1.54, 1.807) is 0 Å². The Bertz CT molecular complexity index is 629. The summed E-state index contributed by atoms with van der Waals surface area (Å²) >= 11 is 1.95. The first-order valence-electron chi connectivity index (χ1n) is 7.96. The molecule has 2 aromatic rings. The van der Waals surface area contributed by atoms with Gasteiger partial charge in [0, 0.05) is 55.4 Å². The van der Waals surface area contributed by atoms with Crippen molar-refractivity contribution in [2.24, 2.45) is 7.05 Å². The SMILES string of the molecule is Cl.Cn1ccnc1C1CNCCN1Cc1ccc(C(C)(C)C)s1. The highest BCUT2D eigenvalue weighted by molar-refractivity contribution is 7.12. The maximum Gasteiger partial charge on any atom is 0.127 e. The number of thiophene rings is 1. The van der Waals surface area contributed by atoms with Crippen molar-refractivity contribution >= 4 is 23.7 Å². The fourth-order valence-electron chi connectivity index (χ4n) is 2.95. The fourth-order valence-corrected chi connectivity index (χ4v) is 4.05. The maximum atomic E-state index is 4.56. The van der Waals surface area contributed by atoms with Gasteiger partial charge < -0.3 is 9.88 Å². The molecule has 128 valence electrons. The van der Waals surface area contributed by atoms with Gasteiger partial charge in [0.1, 0.15) is 5.82 Å². The molecule has 1 fully saturated rings. The Kier molecular flexibility index (Phi) is 5.89. The molecule has 23 heavy (non-hydrogen) atoms. The molecule has 1 aliphatic rings. The van der Waals surface area contributed by atoms with E-state index in [1.807, 2.05) is 23.7 Å². The number of hydrogen-bond donors (Lipinski definition) is 1. The summed E-state index contributed by atoms with van der Waals surface area (Å²) in [4.78, 5) is 10.0. The number of nitrogens with one attached hydrogen (secondary N) is 1. The van der Waals surface area contributed by atoms with Gasteiger partial charge in [0.15, 0.2) is 0 Å². The van der Waals surface area contributed by atoms with Crippen molar-refractivity contribution in [1.82, 2.24) is 19.8 Å². The molecule has 3 heterocycles. The number of aryl methyl sites for hydroxylation is 1. The van der Waals surface area contributed by atoms with Gasteiger partial charge in [0.25, 0.3) is 0 Å². The third-order valence-corrected chi connectivity index (χ3v) is 5.77. The molecule has 1 unspecified atom stereocenters. The van der Waals surface area contributed by atoms with Crippen LogP contribution in [0.5, 0.6) is 0 Å². The van der Waals surface area contributed by atoms with E-state index in [1.165, 1.54) is 9.75 Å². The highest BCUT2D eigenvalue weighted by Gasteiger charge is 2.27. The van der Waals surface area contributed by atoms with Crippen molar-refractivity contribution in [3.05, 3.63) is 40.1 Å². The molecular formula is C17H27ClN4S. The van der Waals surface area contributed by atoms with Crippen LogP contribution in [0, 0.1) is 0 Å². The normalized spacial score (nSPS) is 19.6. The van der Waals surface area contributed by atoms with Crippen LogP contribution in [0.3, 0.4) is 0 Å². The lowest BCUT2D eigenvalue weighted by atomic mass is 9.95. The highest BCUT2D eigenvalue weighted by Crippen LogP contribution is 2.31. The summed E-state index contributed by atoms with van der Waals surface area (Å²) in [5.74, 6) is 1.15. The van der Waals surface area contributed by atoms with Crippen molar-refractivity contribution in [3.63, 3.8) is 0 Å². The molecule has 0 aromatic carbocycles. The van der Waals surface area contributed by atoms with Gasteiger partial charge in [-0.2, -0.15) is 0 Å². The molecule has 0 bridgehead atoms. The van der Waals surface area contributed by atoms with E-state index in [2.05, 4.69) is 59.7 Å². The summed E-state index contributed by atoms with van der Waals surface area (Å²) in [5, 5.41) is 3.50. The predicted molar refractivity (Wildman–Crippen MR) is 99.5 cm³/mol. The van der Waals surface area contributed by atoms with Gasteiger partial charge >= 0.3 is 0 Å². The summed E-state index contributed by atoms with van der Waals surface area (Å²) < 4.78 is 2.14. The van der Waals surface area contributed by atoms with Gasteiger partial charge in [-0.05, 0) is 17.5 Å². The molecule has 3 rings (SSSR count). The Balaban J connectivity index is 0.00000192. The molecule has 1 atom stereocenters. The lowest BCUT2D eigenvalue weighted by molar-refractivity contribution is 0.146. The van der Waals surface area contributed by atoms with Crippen molar-refractivity contribution in [2.75, 3.05) is 19.6 Å². The molecule has 0 saturated carbocycles. The average molecular weight is 355 g/mol. The second-order valence-corrected chi connectivity index (χ2v) is 8.27. The monoisotopic (exact) mass is 354 g/mol. The Morgan fingerprint density at radius 1 is 1.35 bits per heavy atom. The number of piperazine rings is 1. The van der Waals surface area contributed by atoms with Crippen LogP contribution in [-0.2, 0) is 19.0 Å². The van der Waals surface area contributed by atoms with Gasteiger partial charge in [0.2, 0.25) is 0 Å². The number of imidazole rings is 1. The number of halogens is 1. The first-order chi connectivity index (χ1) is 10.4. The van der Waals surface area contributed by atoms with Gasteiger partial charge in [0.05, 0.1) is 6.04 Å². The minimum Gasteiger partial charge on any atom is -0.337 e. The summed E-state index contributed by atoms with van der Waals surface area (Å²) in [5.41, 5.74) is 0.242. The molecule has 2 aromatic heterocycles. The summed E-state index contributed by atoms with van der Waals surface area (Å²) in [6.45, 7) is 11.0. The lowest BCUT2D eigenvalue weighted by Gasteiger charge is -2.35. The number of nitrogens with zero attached hydrogens (tertiary/aromatic N) is 3. The van der Waals surface area contributed by atoms with Gasteiger partial charge in [-0.3, -0.25) is 4.90 Å². The minimum atomic E-state index is 0. The zero-order valence-electron chi connectivity index (χ0n) is 14.4. The Labute approximate surface area is 149 Å². The molecule has 1 aliphatic heterocycles. The lowest BCUT2D eigenvalue weighted by Crippen LogP contribution is -2.46. The van der Waals surface area contributed by atoms with E-state index in [4.69, 9.17) is 0 Å². The number of rotatable bonds is 3. The summed E-state index contributed by atoms with van der Waals surface area (Å²) in [6.07, 6.45) is 3.93. The summed E-state index contributed by atoms with van der Waals surface area (Å²) in [7, 11) is 2.08. The maximum absolute atomic E-state index is 4.56. The third kappa shape index (κ3) is 4.15. The molecule has 1 N–H and O–H groups in total. The van der Waals surface area contributed by atoms with E-state index in [0.717, 1.165) is 32.0 Å². The molecule has 1 saturated heterocycles. The fraction of sp³-hybridized carbons (Fsp3) is 0.588. The van der Waals surface area contributed by atoms with Crippen LogP contribution in [0.25, 0.3) is 0 Å². The van der Waals surface area contributed by atoms with Crippen molar-refractivity contribution < 1.29 is 0 Å². The van der Waals surface area contributed by atoms with E-state index in [-0.39, 0.29) is 17.8 Å². The second-order valence-electron chi connectivity index (χ2n) is 7.10. The largest absolute Gasteiger partial charge is 0.337 e. The smallest absolute Gasteiger partial charge is 0.127 e. The van der Waals surface area contributed by atoms with Crippen molar-refractivity contribution in [1.29, 1.82) is 0 Å². The minimum absolute atomic E-state index is 0. The molecule has 0 spiro atoms. The standard InChI is InChI=1S/C17H26N4S.ClH/c1-17(2,3)15-6-5-13(22-15)12-21-10-7-18-11-14(21)16-19-8-9-20(16)4;/h5-6,8-9,14,18H,7,10-12H2,1-4H3;1H. The Morgan fingerprint density at radius 3 is 2.74 bits per heavy atom. The number of hydrogen-bond acceptors (Lipinski definition) is 4. The van der Waals surface area contributed by atoms with Gasteiger partial charge in [-0.1, -0.05) is 20.8 Å². The predicted octanol–water partition coefficient (Wildman–Crippen LogP) is 3.35. The van der Waals surface area contributed by atoms with Gasteiger partial charge in [-0.25, -0.2) is 4.98 Å². The Hall–Kier alpha value is -0.880. The van der Waals surface area contributed by atoms with Crippen LogP contribution in [0.4, 0.5) is 0 Å². The highest BCUT2D eigenvalue weighted by atomic mass is 35.5. The molecule has 6 heteroatoms. The van der Waals surface area contributed by atoms with Crippen molar-refractivity contribution in [3.8, 4) is 0 Å². The quantitative estimate of drug-likeness (QED) is 0.917. The molecule has 4 nitrogen and oxygen atoms in total. The van der Waals surface area contributed by atoms with Crippen LogP contribution in [-0.4, -0.2) is 34.1 Å². The van der Waals surface area contributed by atoms with E-state index in [9.17, 15) is 0 Å². The van der Waals surface area contributed by atoms with E-state index in [0.29, 0.717) is 6.04 Å². The first-order valence-corrected chi connectivity index (χ1v) is 8.78. The summed E-state index contributed by atoms with van der Waals surface area (Å²) in [6, 6.07) is 4.94. The van der Waals surface area contributed by atoms with Crippen LogP contribution >= 0.6 is 23.7 Å². The van der Waals surface area contributed by atoms with Crippen LogP contribution in [0.2, 0.25) is 0 Å². The van der Waals surface area contributed by atoms with Gasteiger partial charge in [-0.15, -0.1) is 23.7 Å². The van der Waals surface area contributed by atoms with E-state index < -0.39 is 0 Å². The topological polar surface area (TPSA) is 33.1 Å². The van der Waals surface area contributed by atoms with Crippen LogP contribution < -0.4 is 5.32 Å². The Morgan fingerprint density at radius 2 is 2.13 bits per heavy atom. The first kappa shape index (κ1) is 18.5. The van der Waals surface area contributed by atoms with E-state index >= 15 is 0 Å². The zero-order chi connectivity index (χ0) is 15.7. The molecule has 0 amide bonds. The third-order valence-electron chi connectivity index (χ3n) is 4.27. The van der Waals surface area contributed by atoms with Crippen LogP contribution in [0.15, 0.2) is 24.5 Å². The second kappa shape index (κ2) is 7.34.